The zero-order valence-corrected chi connectivity index (χ0v) is 29.0. The first kappa shape index (κ1) is 43.5. The standard InChI is InChI=1S/C12H4N4.2C12H13N3O4/c13-5-11(6-14)9-1-2-10(4-3-9)12(7-15)8-16;2*1-7(16)10(12(18)19-2)15-14-9-5-3-8(4-6-9)11(13)17/h1-4H;2*3-6,16H,1-2H3,(H2,13,17)/b;2*10-7+,15-14?. The minimum Gasteiger partial charge on any atom is -0.510 e. The van der Waals surface area contributed by atoms with E-state index < -0.39 is 23.8 Å². The highest BCUT2D eigenvalue weighted by atomic mass is 16.5. The molecule has 54 heavy (non-hydrogen) atoms. The summed E-state index contributed by atoms with van der Waals surface area (Å²) in [5, 5.41) is 68.7. The first-order chi connectivity index (χ1) is 25.7. The van der Waals surface area contributed by atoms with Gasteiger partial charge in [0.15, 0.2) is 0 Å². The first-order valence-electron chi connectivity index (χ1n) is 14.7. The minimum absolute atomic E-state index is 0.00187. The molecule has 0 atom stereocenters. The molecule has 0 saturated carbocycles. The van der Waals surface area contributed by atoms with Crippen molar-refractivity contribution in [3.05, 3.63) is 117 Å². The maximum Gasteiger partial charge on any atom is 0.362 e. The highest BCUT2D eigenvalue weighted by Crippen LogP contribution is 2.17. The molecule has 0 aliphatic heterocycles. The normalized spacial score (nSPS) is 10.8. The van der Waals surface area contributed by atoms with Crippen molar-refractivity contribution < 1.29 is 38.9 Å². The quantitative estimate of drug-likeness (QED) is 0.111. The third-order valence-corrected chi connectivity index (χ3v) is 6.19. The van der Waals surface area contributed by atoms with E-state index in [1.807, 2.05) is 0 Å². The third kappa shape index (κ3) is 13.8. The summed E-state index contributed by atoms with van der Waals surface area (Å²) in [7, 11) is 2.34. The fourth-order valence-electron chi connectivity index (χ4n) is 3.43. The van der Waals surface area contributed by atoms with Crippen LogP contribution in [0.1, 0.15) is 34.6 Å². The van der Waals surface area contributed by atoms with Gasteiger partial charge in [0.2, 0.25) is 23.2 Å². The lowest BCUT2D eigenvalue weighted by Gasteiger charge is -2.00. The van der Waals surface area contributed by atoms with Crippen molar-refractivity contribution in [3.8, 4) is 24.3 Å². The lowest BCUT2D eigenvalue weighted by Crippen LogP contribution is -2.11. The van der Waals surface area contributed by atoms with Gasteiger partial charge in [0.1, 0.15) is 46.9 Å². The van der Waals surface area contributed by atoms with Gasteiger partial charge in [-0.05, 0) is 62.4 Å². The molecule has 3 aromatic rings. The number of hydrogen-bond donors (Lipinski definition) is 4. The molecule has 272 valence electrons. The lowest BCUT2D eigenvalue weighted by molar-refractivity contribution is -0.137. The van der Waals surface area contributed by atoms with E-state index in [4.69, 9.17) is 32.5 Å². The van der Waals surface area contributed by atoms with Crippen LogP contribution in [-0.2, 0) is 19.1 Å². The van der Waals surface area contributed by atoms with Gasteiger partial charge in [0, 0.05) is 21.6 Å². The van der Waals surface area contributed by atoms with E-state index in [2.05, 4.69) is 29.9 Å². The Bertz CT molecular complexity index is 2090. The van der Waals surface area contributed by atoms with Crippen LogP contribution in [0.4, 0.5) is 11.4 Å². The molecule has 6 N–H and O–H groups in total. The van der Waals surface area contributed by atoms with Crippen molar-refractivity contribution >= 4 is 46.3 Å². The Hall–Kier alpha value is -8.48. The number of methoxy groups -OCH3 is 2. The van der Waals surface area contributed by atoms with Gasteiger partial charge in [0.05, 0.1) is 25.6 Å². The second-order valence-corrected chi connectivity index (χ2v) is 9.85. The van der Waals surface area contributed by atoms with Crippen molar-refractivity contribution in [2.45, 2.75) is 13.8 Å². The Kier molecular flexibility index (Phi) is 18.0. The molecule has 3 rings (SSSR count). The molecule has 0 aliphatic carbocycles. The van der Waals surface area contributed by atoms with Crippen LogP contribution in [0.3, 0.4) is 0 Å². The van der Waals surface area contributed by atoms with Crippen molar-refractivity contribution in [3.63, 3.8) is 0 Å². The van der Waals surface area contributed by atoms with Crippen molar-refractivity contribution in [1.29, 1.82) is 21.0 Å². The van der Waals surface area contributed by atoms with Crippen molar-refractivity contribution in [2.75, 3.05) is 14.2 Å². The van der Waals surface area contributed by atoms with E-state index in [1.165, 1.54) is 101 Å². The van der Waals surface area contributed by atoms with Crippen molar-refractivity contribution in [1.82, 2.24) is 0 Å². The molecule has 0 spiro atoms. The number of ether oxygens (including phenoxy) is 2. The summed E-state index contributed by atoms with van der Waals surface area (Å²) >= 11 is 0. The third-order valence-electron chi connectivity index (χ3n) is 6.19. The van der Waals surface area contributed by atoms with Crippen LogP contribution in [0.5, 0.6) is 0 Å². The van der Waals surface area contributed by atoms with Gasteiger partial charge in [-0.1, -0.05) is 24.3 Å². The van der Waals surface area contributed by atoms with E-state index >= 15 is 0 Å². The topological polar surface area (TPSA) is 324 Å². The molecular formula is C36H30N10O8. The number of carbonyl (C=O) groups excluding carboxylic acids is 4. The van der Waals surface area contributed by atoms with E-state index in [0.717, 1.165) is 0 Å². The second-order valence-electron chi connectivity index (χ2n) is 9.85. The van der Waals surface area contributed by atoms with Crippen LogP contribution in [-0.4, -0.2) is 48.2 Å². The maximum atomic E-state index is 11.3. The number of carbonyl (C=O) groups is 4. The zero-order chi connectivity index (χ0) is 40.8. The van der Waals surface area contributed by atoms with E-state index in [0.29, 0.717) is 32.9 Å². The molecule has 0 bridgehead atoms. The van der Waals surface area contributed by atoms with Crippen LogP contribution in [0, 0.1) is 45.3 Å². The Morgan fingerprint density at radius 1 is 0.556 bits per heavy atom. The molecule has 0 heterocycles. The van der Waals surface area contributed by atoms with Crippen LogP contribution in [0.2, 0.25) is 0 Å². The van der Waals surface area contributed by atoms with Gasteiger partial charge in [-0.3, -0.25) is 9.59 Å². The number of rotatable bonds is 8. The fourth-order valence-corrected chi connectivity index (χ4v) is 3.43. The molecular weight excluding hydrogens is 700 g/mol. The molecule has 3 aromatic carbocycles. The highest BCUT2D eigenvalue weighted by molar-refractivity contribution is 5.93. The fraction of sp³-hybridized carbons (Fsp3) is 0.111. The molecule has 0 unspecified atom stereocenters. The van der Waals surface area contributed by atoms with Crippen LogP contribution in [0.15, 0.2) is 116 Å². The van der Waals surface area contributed by atoms with Gasteiger partial charge in [-0.2, -0.15) is 31.3 Å². The molecule has 0 fully saturated rings. The summed E-state index contributed by atoms with van der Waals surface area (Å²) in [5.74, 6) is -3.29. The summed E-state index contributed by atoms with van der Waals surface area (Å²) in [6, 6.07) is 25.1. The number of allylic oxidation sites excluding steroid dienone is 2. The predicted octanol–water partition coefficient (Wildman–Crippen LogP) is 3.75. The number of hydrogen-bond acceptors (Lipinski definition) is 16. The number of nitrogens with two attached hydrogens (primary N) is 2. The maximum absolute atomic E-state index is 11.3. The van der Waals surface area contributed by atoms with Crippen molar-refractivity contribution in [2.24, 2.45) is 31.9 Å². The molecule has 18 heteroatoms. The number of nitriles is 4. The number of azo groups is 2. The smallest absolute Gasteiger partial charge is 0.362 e. The molecule has 0 aliphatic rings. The van der Waals surface area contributed by atoms with E-state index in [9.17, 15) is 29.4 Å². The molecule has 2 amide bonds. The zero-order valence-electron chi connectivity index (χ0n) is 29.0. The van der Waals surface area contributed by atoms with Gasteiger partial charge in [-0.15, -0.1) is 10.2 Å². The van der Waals surface area contributed by atoms with Gasteiger partial charge in [0.25, 0.3) is 0 Å². The van der Waals surface area contributed by atoms with Crippen LogP contribution >= 0.6 is 0 Å². The SMILES string of the molecule is COC(=O)/C(N=Nc1ccc(C(N)=O)cc1)=C(/C)O.COC(=O)/C(N=Nc1ccc(C(N)=O)cc1)=C(/C)O.N#CC(C#N)=c1ccc(=C(C#N)C#N)cc1. The number of aliphatic hydroxyl groups excluding tert-OH is 2. The number of aliphatic hydroxyl groups is 2. The predicted molar refractivity (Wildman–Crippen MR) is 189 cm³/mol. The number of nitrogens with zero attached hydrogens (tertiary/aromatic N) is 8. The Labute approximate surface area is 307 Å². The molecule has 0 saturated heterocycles. The average Bonchev–Trinajstić information content (AvgIpc) is 3.17. The van der Waals surface area contributed by atoms with E-state index in [-0.39, 0.29) is 34.1 Å². The van der Waals surface area contributed by atoms with E-state index in [1.54, 1.807) is 24.3 Å². The van der Waals surface area contributed by atoms with Gasteiger partial charge in [-0.25, -0.2) is 9.59 Å². The first-order valence-corrected chi connectivity index (χ1v) is 14.7. The average molecular weight is 731 g/mol. The Balaban J connectivity index is 0.000000407. The summed E-state index contributed by atoms with van der Waals surface area (Å²) in [5.41, 5.74) is 11.1. The molecule has 0 radical (unpaired) electrons. The number of amides is 2. The van der Waals surface area contributed by atoms with Crippen LogP contribution in [0.25, 0.3) is 11.1 Å². The minimum atomic E-state index is -0.794. The summed E-state index contributed by atoms with van der Waals surface area (Å²) in [6.07, 6.45) is 0. The Morgan fingerprint density at radius 2 is 0.833 bits per heavy atom. The highest BCUT2D eigenvalue weighted by Gasteiger charge is 2.14. The van der Waals surface area contributed by atoms with Gasteiger partial charge < -0.3 is 31.2 Å². The number of esters is 2. The number of primary amides is 2. The molecule has 18 nitrogen and oxygen atoms in total. The lowest BCUT2D eigenvalue weighted by atomic mass is 10.1. The largest absolute Gasteiger partial charge is 0.510 e. The number of benzene rings is 3. The van der Waals surface area contributed by atoms with Crippen LogP contribution < -0.4 is 21.9 Å². The second kappa shape index (κ2) is 22.3. The Morgan fingerprint density at radius 3 is 1.04 bits per heavy atom. The summed E-state index contributed by atoms with van der Waals surface area (Å²) < 4.78 is 8.88. The summed E-state index contributed by atoms with van der Waals surface area (Å²) in [4.78, 5) is 44.3. The van der Waals surface area contributed by atoms with Gasteiger partial charge >= 0.3 is 11.9 Å². The molecule has 0 aromatic heterocycles. The summed E-state index contributed by atoms with van der Waals surface area (Å²) in [6.45, 7) is 2.59. The monoisotopic (exact) mass is 730 g/mol.